The molecule has 3 aliphatic rings. The molecule has 2 fully saturated rings. The molecule has 4 atom stereocenters. The summed E-state index contributed by atoms with van der Waals surface area (Å²) in [4.78, 5) is 20.2. The number of aliphatic hydroxyl groups excluding tert-OH is 1. The van der Waals surface area contributed by atoms with E-state index >= 15 is 0 Å². The molecule has 2 aliphatic heterocycles. The van der Waals surface area contributed by atoms with Gasteiger partial charge in [-0.3, -0.25) is 9.78 Å². The van der Waals surface area contributed by atoms with E-state index in [1.165, 1.54) is 0 Å². The quantitative estimate of drug-likeness (QED) is 0.403. The monoisotopic (exact) mass is 295 g/mol. The number of aromatic amines is 1. The van der Waals surface area contributed by atoms with Crippen LogP contribution in [0.5, 0.6) is 0 Å². The third kappa shape index (κ3) is 1.62. The number of aliphatic hydroxyl groups is 2. The Labute approximate surface area is 119 Å². The van der Waals surface area contributed by atoms with E-state index < -0.39 is 11.7 Å². The first-order valence-corrected chi connectivity index (χ1v) is 6.89. The predicted octanol–water partition coefficient (Wildman–Crippen LogP) is -1.95. The van der Waals surface area contributed by atoms with Gasteiger partial charge in [-0.1, -0.05) is 0 Å². The largest absolute Gasteiger partial charge is 0.393 e. The molecule has 0 radical (unpaired) electrons. The smallest absolute Gasteiger partial charge is 0.277 e. The molecule has 0 aromatic carbocycles. The molecule has 114 valence electrons. The maximum absolute atomic E-state index is 11.9. The lowest BCUT2D eigenvalue weighted by molar-refractivity contribution is -0.00960. The Morgan fingerprint density at radius 2 is 2.33 bits per heavy atom. The minimum atomic E-state index is -1.14. The van der Waals surface area contributed by atoms with Gasteiger partial charge in [0, 0.05) is 5.92 Å². The van der Waals surface area contributed by atoms with Crippen LogP contribution in [-0.2, 0) is 4.74 Å². The van der Waals surface area contributed by atoms with Crippen molar-refractivity contribution in [3.8, 4) is 0 Å². The molecule has 0 unspecified atom stereocenters. The first-order valence-electron chi connectivity index (χ1n) is 6.89. The topological polar surface area (TPSA) is 137 Å². The molecule has 1 saturated carbocycles. The zero-order chi connectivity index (χ0) is 14.8. The number of hydrogen-bond donors (Lipinski definition) is 5. The lowest BCUT2D eigenvalue weighted by Gasteiger charge is -2.35. The van der Waals surface area contributed by atoms with Crippen LogP contribution < -0.4 is 21.5 Å². The van der Waals surface area contributed by atoms with E-state index in [0.29, 0.717) is 31.2 Å². The lowest BCUT2D eigenvalue weighted by atomic mass is 9.90. The van der Waals surface area contributed by atoms with Crippen molar-refractivity contribution in [1.29, 1.82) is 0 Å². The van der Waals surface area contributed by atoms with Crippen molar-refractivity contribution in [2.75, 3.05) is 35.8 Å². The normalized spacial score (nSPS) is 37.4. The molecule has 1 aliphatic carbocycles. The fourth-order valence-corrected chi connectivity index (χ4v) is 3.72. The molecule has 1 aromatic rings. The summed E-state index contributed by atoms with van der Waals surface area (Å²) in [5, 5.41) is 24.0. The molecule has 6 N–H and O–H groups in total. The summed E-state index contributed by atoms with van der Waals surface area (Å²) in [6.45, 7) is 0.846. The average molecular weight is 295 g/mol. The van der Waals surface area contributed by atoms with Gasteiger partial charge >= 0.3 is 0 Å². The number of nitrogens with one attached hydrogen (secondary N) is 2. The van der Waals surface area contributed by atoms with E-state index in [4.69, 9.17) is 10.5 Å². The van der Waals surface area contributed by atoms with Crippen LogP contribution in [0.3, 0.4) is 0 Å². The second kappa shape index (κ2) is 4.09. The highest BCUT2D eigenvalue weighted by atomic mass is 16.5. The molecular formula is C12H17N5O4. The van der Waals surface area contributed by atoms with Gasteiger partial charge in [-0.2, -0.15) is 4.98 Å². The molecule has 0 spiro atoms. The second-order valence-electron chi connectivity index (χ2n) is 5.89. The Balaban J connectivity index is 1.76. The average Bonchev–Trinajstić information content (AvgIpc) is 3.05. The Kier molecular flexibility index (Phi) is 2.51. The second-order valence-corrected chi connectivity index (χ2v) is 5.89. The fourth-order valence-electron chi connectivity index (χ4n) is 3.72. The molecule has 3 heterocycles. The van der Waals surface area contributed by atoms with Crippen molar-refractivity contribution in [2.24, 2.45) is 5.92 Å². The number of nitrogen functional groups attached to an aromatic ring is 1. The van der Waals surface area contributed by atoms with Crippen LogP contribution in [0.25, 0.3) is 0 Å². The molecule has 0 bridgehead atoms. The van der Waals surface area contributed by atoms with Gasteiger partial charge in [0.2, 0.25) is 5.95 Å². The number of anilines is 3. The van der Waals surface area contributed by atoms with E-state index in [1.807, 2.05) is 0 Å². The highest BCUT2D eigenvalue weighted by Crippen LogP contribution is 2.45. The fraction of sp³-hybridized carbons (Fsp3) is 0.667. The minimum absolute atomic E-state index is 0.0252. The van der Waals surface area contributed by atoms with Crippen molar-refractivity contribution >= 4 is 17.5 Å². The number of rotatable bonds is 1. The van der Waals surface area contributed by atoms with Gasteiger partial charge in [-0.05, 0) is 6.42 Å². The number of hydrogen-bond acceptors (Lipinski definition) is 8. The van der Waals surface area contributed by atoms with Crippen LogP contribution in [0.1, 0.15) is 6.42 Å². The van der Waals surface area contributed by atoms with Gasteiger partial charge in [0.1, 0.15) is 11.3 Å². The zero-order valence-corrected chi connectivity index (χ0v) is 11.2. The summed E-state index contributed by atoms with van der Waals surface area (Å²) >= 11 is 0. The van der Waals surface area contributed by atoms with E-state index in [9.17, 15) is 15.0 Å². The Morgan fingerprint density at radius 3 is 3.14 bits per heavy atom. The maximum atomic E-state index is 11.9. The van der Waals surface area contributed by atoms with E-state index in [0.717, 1.165) is 0 Å². The zero-order valence-electron chi connectivity index (χ0n) is 11.2. The highest BCUT2D eigenvalue weighted by molar-refractivity contribution is 5.71. The third-order valence-corrected chi connectivity index (χ3v) is 4.77. The van der Waals surface area contributed by atoms with Crippen molar-refractivity contribution < 1.29 is 14.9 Å². The molecule has 4 rings (SSSR count). The molecule has 1 saturated heterocycles. The maximum Gasteiger partial charge on any atom is 0.277 e. The Morgan fingerprint density at radius 1 is 1.52 bits per heavy atom. The number of nitrogens with zero attached hydrogens (tertiary/aromatic N) is 2. The van der Waals surface area contributed by atoms with Crippen LogP contribution in [-0.4, -0.2) is 57.8 Å². The summed E-state index contributed by atoms with van der Waals surface area (Å²) in [5.41, 5.74) is 4.46. The first-order chi connectivity index (χ1) is 10.0. The summed E-state index contributed by atoms with van der Waals surface area (Å²) in [5.74, 6) is 0.123. The SMILES string of the molecule is Nc1nc2c(c(=O)[nH]1)NCN2[C@H]1C[C@H](O)[C@H]2COC[C@]21O. The van der Waals surface area contributed by atoms with Gasteiger partial charge < -0.3 is 30.9 Å². The standard InChI is InChI=1S/C12H17N5O4/c13-11-15-9-8(10(19)16-11)14-4-17(9)7-1-6(18)5-2-21-3-12(5,7)20/h5-7,14,18,20H,1-4H2,(H3,13,15,16,19)/t5-,6+,7+,12+/m1/s1. The van der Waals surface area contributed by atoms with Crippen molar-refractivity contribution in [2.45, 2.75) is 24.2 Å². The molecular weight excluding hydrogens is 278 g/mol. The summed E-state index contributed by atoms with van der Waals surface area (Å²) < 4.78 is 5.34. The van der Waals surface area contributed by atoms with E-state index in [2.05, 4.69) is 15.3 Å². The summed E-state index contributed by atoms with van der Waals surface area (Å²) in [7, 11) is 0. The lowest BCUT2D eigenvalue weighted by Crippen LogP contribution is -2.53. The molecule has 9 nitrogen and oxygen atoms in total. The van der Waals surface area contributed by atoms with Crippen LogP contribution in [0, 0.1) is 5.92 Å². The van der Waals surface area contributed by atoms with Crippen molar-refractivity contribution in [3.63, 3.8) is 0 Å². The van der Waals surface area contributed by atoms with Crippen molar-refractivity contribution in [3.05, 3.63) is 10.4 Å². The van der Waals surface area contributed by atoms with Gasteiger partial charge in [0.15, 0.2) is 5.82 Å². The summed E-state index contributed by atoms with van der Waals surface area (Å²) in [6.07, 6.45) is -0.231. The predicted molar refractivity (Wildman–Crippen MR) is 73.9 cm³/mol. The van der Waals surface area contributed by atoms with E-state index in [1.54, 1.807) is 4.90 Å². The molecule has 1 aromatic heterocycles. The van der Waals surface area contributed by atoms with Gasteiger partial charge in [0.05, 0.1) is 32.0 Å². The van der Waals surface area contributed by atoms with Crippen LogP contribution in [0.15, 0.2) is 4.79 Å². The number of aromatic nitrogens is 2. The van der Waals surface area contributed by atoms with Crippen molar-refractivity contribution in [1.82, 2.24) is 9.97 Å². The van der Waals surface area contributed by atoms with Gasteiger partial charge in [-0.15, -0.1) is 0 Å². The van der Waals surface area contributed by atoms with Crippen LogP contribution in [0.2, 0.25) is 0 Å². The Hall–Kier alpha value is -1.84. The van der Waals surface area contributed by atoms with E-state index in [-0.39, 0.29) is 30.1 Å². The first kappa shape index (κ1) is 12.9. The summed E-state index contributed by atoms with van der Waals surface area (Å²) in [6, 6.07) is -0.373. The molecule has 9 heteroatoms. The number of nitrogens with two attached hydrogens (primary N) is 1. The third-order valence-electron chi connectivity index (χ3n) is 4.77. The number of fused-ring (bicyclic) bond motifs is 2. The number of H-pyrrole nitrogens is 1. The molecule has 21 heavy (non-hydrogen) atoms. The van der Waals surface area contributed by atoms with Crippen LogP contribution >= 0.6 is 0 Å². The van der Waals surface area contributed by atoms with Gasteiger partial charge in [-0.25, -0.2) is 0 Å². The Bertz CT molecular complexity index is 649. The number of ether oxygens (including phenoxy) is 1. The van der Waals surface area contributed by atoms with Gasteiger partial charge in [0.25, 0.3) is 5.56 Å². The highest BCUT2D eigenvalue weighted by Gasteiger charge is 2.60. The minimum Gasteiger partial charge on any atom is -0.393 e. The van der Waals surface area contributed by atoms with Crippen LogP contribution in [0.4, 0.5) is 17.5 Å². The molecule has 0 amide bonds.